The molecule has 2 aliphatic heterocycles. The molecule has 0 aromatic rings. The monoisotopic (exact) mass is 279 g/mol. The first-order chi connectivity index (χ1) is 9.66. The molecule has 2 N–H and O–H groups in total. The summed E-state index contributed by atoms with van der Waals surface area (Å²) in [4.78, 5) is 31.2. The number of nitrogens with one attached hydrogen (secondary N) is 2. The molecule has 20 heavy (non-hydrogen) atoms. The van der Waals surface area contributed by atoms with Crippen LogP contribution in [0.5, 0.6) is 0 Å². The first-order valence-corrected chi connectivity index (χ1v) is 6.89. The van der Waals surface area contributed by atoms with Crippen molar-refractivity contribution in [2.75, 3.05) is 45.8 Å². The van der Waals surface area contributed by atoms with Crippen molar-refractivity contribution in [2.45, 2.75) is 6.92 Å². The fraction of sp³-hybridized carbons (Fsp3) is 0.615. The molecule has 2 rings (SSSR count). The van der Waals surface area contributed by atoms with E-state index in [1.54, 1.807) is 12.4 Å². The molecule has 0 atom stereocenters. The highest BCUT2D eigenvalue weighted by atomic mass is 16.2. The number of amides is 2. The summed E-state index contributed by atoms with van der Waals surface area (Å²) in [5.74, 6) is -0.0247. The number of nitrogens with zero attached hydrogens (tertiary/aromatic N) is 3. The highest BCUT2D eigenvalue weighted by Gasteiger charge is 2.23. The van der Waals surface area contributed by atoms with Crippen LogP contribution in [-0.2, 0) is 9.59 Å². The zero-order valence-corrected chi connectivity index (χ0v) is 11.8. The van der Waals surface area contributed by atoms with E-state index < -0.39 is 0 Å². The van der Waals surface area contributed by atoms with Gasteiger partial charge in [0, 0.05) is 65.2 Å². The topological polar surface area (TPSA) is 77.0 Å². The van der Waals surface area contributed by atoms with E-state index in [4.69, 9.17) is 0 Å². The van der Waals surface area contributed by atoms with Crippen LogP contribution in [0.4, 0.5) is 0 Å². The molecule has 0 radical (unpaired) electrons. The molecular formula is C13H21N5O2. The summed E-state index contributed by atoms with van der Waals surface area (Å²) < 4.78 is 0. The number of carbonyl (C=O) groups excluding carboxylic acids is 2. The molecule has 0 aromatic heterocycles. The summed E-state index contributed by atoms with van der Waals surface area (Å²) >= 11 is 0. The van der Waals surface area contributed by atoms with Gasteiger partial charge in [-0.1, -0.05) is 0 Å². The van der Waals surface area contributed by atoms with E-state index in [1.807, 2.05) is 4.90 Å². The van der Waals surface area contributed by atoms with Crippen molar-refractivity contribution >= 4 is 18.0 Å². The van der Waals surface area contributed by atoms with Crippen LogP contribution in [0.25, 0.3) is 0 Å². The molecule has 1 fully saturated rings. The van der Waals surface area contributed by atoms with E-state index in [0.717, 1.165) is 19.6 Å². The molecule has 7 heteroatoms. The second-order valence-corrected chi connectivity index (χ2v) is 4.87. The molecule has 0 bridgehead atoms. The van der Waals surface area contributed by atoms with Gasteiger partial charge in [-0.3, -0.25) is 19.5 Å². The minimum absolute atomic E-state index is 0.00610. The van der Waals surface area contributed by atoms with E-state index in [0.29, 0.717) is 31.9 Å². The largest absolute Gasteiger partial charge is 0.384 e. The van der Waals surface area contributed by atoms with Crippen molar-refractivity contribution in [2.24, 2.45) is 4.99 Å². The van der Waals surface area contributed by atoms with Gasteiger partial charge in [-0.15, -0.1) is 0 Å². The zero-order chi connectivity index (χ0) is 14.4. The van der Waals surface area contributed by atoms with Crippen LogP contribution in [0.2, 0.25) is 0 Å². The van der Waals surface area contributed by atoms with Crippen LogP contribution in [-0.4, -0.2) is 73.6 Å². The van der Waals surface area contributed by atoms with Gasteiger partial charge in [-0.25, -0.2) is 0 Å². The summed E-state index contributed by atoms with van der Waals surface area (Å²) in [6, 6.07) is 0. The Morgan fingerprint density at radius 1 is 1.35 bits per heavy atom. The van der Waals surface area contributed by atoms with Crippen LogP contribution in [0.15, 0.2) is 16.9 Å². The summed E-state index contributed by atoms with van der Waals surface area (Å²) in [5, 5.41) is 5.77. The highest BCUT2D eigenvalue weighted by molar-refractivity contribution is 5.95. The molecule has 0 spiro atoms. The molecule has 1 saturated heterocycles. The Kier molecular flexibility index (Phi) is 5.11. The average Bonchev–Trinajstić information content (AvgIpc) is 2.48. The van der Waals surface area contributed by atoms with Gasteiger partial charge in [-0.2, -0.15) is 0 Å². The summed E-state index contributed by atoms with van der Waals surface area (Å²) in [7, 11) is 0. The summed E-state index contributed by atoms with van der Waals surface area (Å²) in [6.07, 6.45) is 3.38. The average molecular weight is 279 g/mol. The van der Waals surface area contributed by atoms with E-state index in [9.17, 15) is 9.59 Å². The van der Waals surface area contributed by atoms with Gasteiger partial charge < -0.3 is 15.5 Å². The molecule has 2 aliphatic rings. The smallest absolute Gasteiger partial charge is 0.274 e. The second-order valence-electron chi connectivity index (χ2n) is 4.87. The van der Waals surface area contributed by atoms with Crippen molar-refractivity contribution in [3.8, 4) is 0 Å². The van der Waals surface area contributed by atoms with E-state index in [-0.39, 0.29) is 11.8 Å². The Labute approximate surface area is 118 Å². The van der Waals surface area contributed by atoms with Gasteiger partial charge >= 0.3 is 0 Å². The third-order valence-electron chi connectivity index (χ3n) is 3.36. The third-order valence-corrected chi connectivity index (χ3v) is 3.36. The number of rotatable bonds is 4. The minimum Gasteiger partial charge on any atom is -0.384 e. The number of hydrogen-bond donors (Lipinski definition) is 2. The first-order valence-electron chi connectivity index (χ1n) is 6.89. The highest BCUT2D eigenvalue weighted by Crippen LogP contribution is 2.08. The first kappa shape index (κ1) is 14.5. The molecule has 7 nitrogen and oxygen atoms in total. The number of aliphatic imine (C=N–C) groups is 1. The molecule has 2 heterocycles. The fourth-order valence-electron chi connectivity index (χ4n) is 2.23. The fourth-order valence-corrected chi connectivity index (χ4v) is 2.23. The van der Waals surface area contributed by atoms with Crippen molar-refractivity contribution in [1.29, 1.82) is 0 Å². The molecule has 110 valence electrons. The van der Waals surface area contributed by atoms with Gasteiger partial charge in [0.05, 0.1) is 0 Å². The Balaban J connectivity index is 1.73. The summed E-state index contributed by atoms with van der Waals surface area (Å²) in [5.41, 5.74) is 0.475. The molecule has 2 amide bonds. The van der Waals surface area contributed by atoms with Crippen LogP contribution in [0.1, 0.15) is 6.92 Å². The Hall–Kier alpha value is -1.89. The minimum atomic E-state index is -0.0186. The van der Waals surface area contributed by atoms with E-state index in [1.165, 1.54) is 6.92 Å². The van der Waals surface area contributed by atoms with Gasteiger partial charge in [0.25, 0.3) is 5.91 Å². The molecule has 0 aromatic carbocycles. The van der Waals surface area contributed by atoms with Crippen molar-refractivity contribution < 1.29 is 9.59 Å². The van der Waals surface area contributed by atoms with Crippen molar-refractivity contribution in [1.82, 2.24) is 20.4 Å². The number of carbonyl (C=O) groups is 2. The predicted molar refractivity (Wildman–Crippen MR) is 76.3 cm³/mol. The maximum Gasteiger partial charge on any atom is 0.274 e. The molecular weight excluding hydrogens is 258 g/mol. The van der Waals surface area contributed by atoms with E-state index >= 15 is 0 Å². The van der Waals surface area contributed by atoms with Crippen LogP contribution in [0, 0.1) is 0 Å². The molecule has 0 saturated carbocycles. The SMILES string of the molecule is CC(=O)NCCN1CCN(C(=O)C2=CNCC=N2)CC1. The van der Waals surface area contributed by atoms with Crippen LogP contribution >= 0.6 is 0 Å². The number of piperazine rings is 1. The maximum atomic E-state index is 12.2. The van der Waals surface area contributed by atoms with Crippen molar-refractivity contribution in [3.63, 3.8) is 0 Å². The Bertz CT molecular complexity index is 424. The molecule has 0 unspecified atom stereocenters. The van der Waals surface area contributed by atoms with Gasteiger partial charge in [0.1, 0.15) is 5.70 Å². The lowest BCUT2D eigenvalue weighted by Crippen LogP contribution is -2.50. The zero-order valence-electron chi connectivity index (χ0n) is 11.8. The lowest BCUT2D eigenvalue weighted by molar-refractivity contribution is -0.128. The lowest BCUT2D eigenvalue weighted by Gasteiger charge is -2.34. The maximum absolute atomic E-state index is 12.2. The Morgan fingerprint density at radius 2 is 2.10 bits per heavy atom. The standard InChI is InChI=1S/C13H21N5O2/c1-11(19)15-4-5-17-6-8-18(9-7-17)13(20)12-10-14-2-3-16-12/h3,10,14H,2,4-9H2,1H3,(H,15,19). The lowest BCUT2D eigenvalue weighted by atomic mass is 10.2. The Morgan fingerprint density at radius 3 is 2.70 bits per heavy atom. The normalized spacial score (nSPS) is 19.2. The van der Waals surface area contributed by atoms with Gasteiger partial charge in [0.2, 0.25) is 5.91 Å². The second kappa shape index (κ2) is 7.04. The summed E-state index contributed by atoms with van der Waals surface area (Å²) in [6.45, 7) is 6.73. The molecule has 0 aliphatic carbocycles. The quantitative estimate of drug-likeness (QED) is 0.676. The van der Waals surface area contributed by atoms with E-state index in [2.05, 4.69) is 20.5 Å². The van der Waals surface area contributed by atoms with Gasteiger partial charge in [-0.05, 0) is 0 Å². The predicted octanol–water partition coefficient (Wildman–Crippen LogP) is -1.22. The van der Waals surface area contributed by atoms with Crippen LogP contribution < -0.4 is 10.6 Å². The van der Waals surface area contributed by atoms with Gasteiger partial charge in [0.15, 0.2) is 0 Å². The third kappa shape index (κ3) is 4.06. The van der Waals surface area contributed by atoms with Crippen molar-refractivity contribution in [3.05, 3.63) is 11.9 Å². The number of hydrogen-bond acceptors (Lipinski definition) is 5. The van der Waals surface area contributed by atoms with Crippen LogP contribution in [0.3, 0.4) is 0 Å².